The topological polar surface area (TPSA) is 347 Å². The van der Waals surface area contributed by atoms with Crippen molar-refractivity contribution < 1.29 is 94.2 Å². The molecule has 0 unspecified atom stereocenters. The number of nitrogens with one attached hydrogen (secondary N) is 2. The molecule has 0 aromatic heterocycles. The number of amides is 2. The summed E-state index contributed by atoms with van der Waals surface area (Å²) in [6.07, 6.45) is -26.2. The minimum absolute atomic E-state index is 0.732. The summed E-state index contributed by atoms with van der Waals surface area (Å²) >= 11 is 0. The summed E-state index contributed by atoms with van der Waals surface area (Å²) in [6.45, 7) is -0.874. The van der Waals surface area contributed by atoms with Crippen molar-refractivity contribution in [2.24, 2.45) is 0 Å². The number of aliphatic hydroxyl groups excluding tert-OH is 9. The Hall–Kier alpha value is -2.19. The van der Waals surface area contributed by atoms with Gasteiger partial charge in [0.25, 0.3) is 5.79 Å². The Kier molecular flexibility index (Phi) is 13.1. The molecule has 16 atom stereocenters. The molecule has 12 N–H and O–H groups in total. The average molecular weight is 674 g/mol. The van der Waals surface area contributed by atoms with Crippen LogP contribution in [0.15, 0.2) is 0 Å². The van der Waals surface area contributed by atoms with Crippen LogP contribution in [0, 0.1) is 0 Å². The zero-order chi connectivity index (χ0) is 34.7. The van der Waals surface area contributed by atoms with Gasteiger partial charge in [-0.25, -0.2) is 4.79 Å². The molecule has 0 spiro atoms. The van der Waals surface area contributed by atoms with Crippen molar-refractivity contribution in [2.75, 3.05) is 19.8 Å². The lowest BCUT2D eigenvalue weighted by Gasteiger charge is -2.51. The van der Waals surface area contributed by atoms with E-state index < -0.39 is 142 Å². The molecule has 0 aliphatic carbocycles. The lowest BCUT2D eigenvalue weighted by atomic mass is 9.88. The molecule has 3 rings (SSSR count). The van der Waals surface area contributed by atoms with Crippen molar-refractivity contribution in [3.63, 3.8) is 0 Å². The van der Waals surface area contributed by atoms with Crippen molar-refractivity contribution in [2.45, 2.75) is 118 Å². The van der Waals surface area contributed by atoms with Crippen LogP contribution in [0.3, 0.4) is 0 Å². The molecule has 21 nitrogen and oxygen atoms in total. The highest BCUT2D eigenvalue weighted by Gasteiger charge is 2.60. The first-order valence-electron chi connectivity index (χ1n) is 14.2. The van der Waals surface area contributed by atoms with Crippen molar-refractivity contribution in [1.82, 2.24) is 10.6 Å². The second-order valence-corrected chi connectivity index (χ2v) is 11.2. The van der Waals surface area contributed by atoms with Gasteiger partial charge in [-0.2, -0.15) is 0 Å². The Balaban J connectivity index is 1.95. The van der Waals surface area contributed by atoms with E-state index in [2.05, 4.69) is 10.6 Å². The number of hydrogen-bond donors (Lipinski definition) is 12. The Labute approximate surface area is 260 Å². The third-order valence-corrected chi connectivity index (χ3v) is 7.85. The summed E-state index contributed by atoms with van der Waals surface area (Å²) in [6, 6.07) is -3.17. The zero-order valence-corrected chi connectivity index (χ0v) is 24.6. The number of hydrogen-bond acceptors (Lipinski definition) is 18. The van der Waals surface area contributed by atoms with E-state index in [1.54, 1.807) is 0 Å². The van der Waals surface area contributed by atoms with Gasteiger partial charge in [-0.15, -0.1) is 0 Å². The molecule has 3 saturated heterocycles. The highest BCUT2D eigenvalue weighted by Crippen LogP contribution is 2.38. The quantitative estimate of drug-likeness (QED) is 0.0914. The van der Waals surface area contributed by atoms with Crippen molar-refractivity contribution >= 4 is 17.8 Å². The van der Waals surface area contributed by atoms with E-state index >= 15 is 0 Å². The first-order valence-corrected chi connectivity index (χ1v) is 14.2. The van der Waals surface area contributed by atoms with Gasteiger partial charge in [0.1, 0.15) is 61.0 Å². The maximum Gasteiger partial charge on any atom is 0.364 e. The molecule has 0 aromatic rings. The van der Waals surface area contributed by atoms with Gasteiger partial charge in [0.05, 0.1) is 38.0 Å². The summed E-state index contributed by atoms with van der Waals surface area (Å²) in [5.74, 6) is -6.52. The largest absolute Gasteiger partial charge is 0.829 e. The second kappa shape index (κ2) is 15.8. The molecule has 46 heavy (non-hydrogen) atoms. The van der Waals surface area contributed by atoms with Crippen LogP contribution in [-0.4, -0.2) is 186 Å². The summed E-state index contributed by atoms with van der Waals surface area (Å²) in [7, 11) is 0. The molecular weight excluding hydrogens is 632 g/mol. The van der Waals surface area contributed by atoms with E-state index in [4.69, 9.17) is 23.7 Å². The molecule has 0 radical (unpaired) electrons. The average Bonchev–Trinajstić information content (AvgIpc) is 2.99. The summed E-state index contributed by atoms with van der Waals surface area (Å²) in [5.41, 5.74) is 0. The Bertz CT molecular complexity index is 1050. The summed E-state index contributed by atoms with van der Waals surface area (Å²) < 4.78 is 27.2. The van der Waals surface area contributed by atoms with E-state index in [0.717, 1.165) is 13.8 Å². The molecule has 21 heteroatoms. The SMILES string of the molecule is CC(=O)N[C@@H]1[C@@H](O)[C@H](O[C@@H]2O[C@H](CO)[C@H](O)[C@H](O[C@]3(C(=O)O)C[C@H](O)[C@@H](NC(C)=O)[C@H]([C@H](O)[C@H](O)CO)O3)[C@H]2O)[C@@H](CO)O[C@H]1[O-]. The number of aliphatic hydroxyl groups is 9. The smallest absolute Gasteiger partial charge is 0.364 e. The van der Waals surface area contributed by atoms with E-state index in [1.807, 2.05) is 0 Å². The van der Waals surface area contributed by atoms with Crippen LogP contribution in [0.25, 0.3) is 0 Å². The molecular formula is C25H41N2O19-. The van der Waals surface area contributed by atoms with Crippen LogP contribution in [-0.2, 0) is 38.1 Å². The van der Waals surface area contributed by atoms with Crippen molar-refractivity contribution in [3.8, 4) is 0 Å². The predicted molar refractivity (Wildman–Crippen MR) is 139 cm³/mol. The Morgan fingerprint density at radius 1 is 0.891 bits per heavy atom. The number of carboxylic acid groups (broad SMARTS) is 1. The number of carbonyl (C=O) groups excluding carboxylic acids is 2. The number of rotatable bonds is 12. The Morgan fingerprint density at radius 2 is 1.48 bits per heavy atom. The lowest BCUT2D eigenvalue weighted by molar-refractivity contribution is -0.522. The molecule has 266 valence electrons. The molecule has 3 fully saturated rings. The van der Waals surface area contributed by atoms with Gasteiger partial charge in [0.2, 0.25) is 11.8 Å². The van der Waals surface area contributed by atoms with Crippen LogP contribution >= 0.6 is 0 Å². The molecule has 0 bridgehead atoms. The number of ether oxygens (including phenoxy) is 5. The minimum atomic E-state index is -3.04. The highest BCUT2D eigenvalue weighted by molar-refractivity contribution is 5.76. The van der Waals surface area contributed by atoms with Crippen LogP contribution in [0.1, 0.15) is 20.3 Å². The van der Waals surface area contributed by atoms with Crippen LogP contribution in [0.4, 0.5) is 0 Å². The molecule has 3 heterocycles. The summed E-state index contributed by atoms with van der Waals surface area (Å²) in [4.78, 5) is 36.0. The molecule has 3 aliphatic rings. The zero-order valence-electron chi connectivity index (χ0n) is 24.6. The number of carbonyl (C=O) groups is 3. The van der Waals surface area contributed by atoms with Gasteiger partial charge in [-0.05, 0) is 0 Å². The number of carboxylic acids is 1. The van der Waals surface area contributed by atoms with Crippen LogP contribution < -0.4 is 15.7 Å². The monoisotopic (exact) mass is 673 g/mol. The second-order valence-electron chi connectivity index (χ2n) is 11.2. The van der Waals surface area contributed by atoms with Gasteiger partial charge in [0, 0.05) is 26.6 Å². The van der Waals surface area contributed by atoms with Gasteiger partial charge >= 0.3 is 5.97 Å². The fraction of sp³-hybridized carbons (Fsp3) is 0.880. The lowest BCUT2D eigenvalue weighted by Crippen LogP contribution is -2.71. The highest BCUT2D eigenvalue weighted by atomic mass is 16.8. The first kappa shape index (κ1) is 38.3. The standard InChI is InChI=1S/C25H41N2O19/c1-7(31)26-13-9(33)3-25(24(40)41,45-20(13)15(35)10(34)4-28)46-21-16(36)11(5-29)43-23(18(21)38)44-19-12(6-30)42-22(39)14(17(19)37)27-8(2)32/h9-23,28-30,33-38H,3-6H2,1-2H3,(H,26,31)(H,27,32)(H,40,41)/q-1/t9-,10+,11+,12+,13+,14+,15+,16-,17+,18+,19+,20+,21-,22+,23-,25-/m0/s1. The van der Waals surface area contributed by atoms with Crippen LogP contribution in [0.2, 0.25) is 0 Å². The third kappa shape index (κ3) is 8.08. The van der Waals surface area contributed by atoms with Crippen LogP contribution in [0.5, 0.6) is 0 Å². The van der Waals surface area contributed by atoms with Gasteiger partial charge in [-0.1, -0.05) is 0 Å². The maximum atomic E-state index is 12.6. The van der Waals surface area contributed by atoms with Crippen molar-refractivity contribution in [1.29, 1.82) is 0 Å². The first-order chi connectivity index (χ1) is 21.5. The number of aliphatic carboxylic acids is 1. The fourth-order valence-electron chi connectivity index (χ4n) is 5.55. The fourth-order valence-corrected chi connectivity index (χ4v) is 5.55. The molecule has 2 amide bonds. The normalized spacial score (nSPS) is 42.9. The minimum Gasteiger partial charge on any atom is -0.829 e. The Morgan fingerprint density at radius 3 is 2.00 bits per heavy atom. The molecule has 0 saturated carbocycles. The van der Waals surface area contributed by atoms with Crippen molar-refractivity contribution in [3.05, 3.63) is 0 Å². The molecule has 3 aliphatic heterocycles. The van der Waals surface area contributed by atoms with Gasteiger partial charge in [0.15, 0.2) is 6.29 Å². The maximum absolute atomic E-state index is 12.6. The van der Waals surface area contributed by atoms with E-state index in [1.165, 1.54) is 0 Å². The third-order valence-electron chi connectivity index (χ3n) is 7.85. The predicted octanol–water partition coefficient (Wildman–Crippen LogP) is -8.71. The van der Waals surface area contributed by atoms with E-state index in [-0.39, 0.29) is 0 Å². The van der Waals surface area contributed by atoms with Gasteiger partial charge < -0.3 is 90.5 Å². The van der Waals surface area contributed by atoms with E-state index in [0.29, 0.717) is 0 Å². The summed E-state index contributed by atoms with van der Waals surface area (Å²) in [5, 5.41) is 120. The molecule has 0 aromatic carbocycles. The van der Waals surface area contributed by atoms with Gasteiger partial charge in [-0.3, -0.25) is 9.59 Å². The van der Waals surface area contributed by atoms with E-state index in [9.17, 15) is 70.6 Å².